The van der Waals surface area contributed by atoms with Crippen LogP contribution in [0.1, 0.15) is 11.1 Å². The lowest BCUT2D eigenvalue weighted by molar-refractivity contribution is -0.116. The Morgan fingerprint density at radius 2 is 1.75 bits per heavy atom. The third-order valence-electron chi connectivity index (χ3n) is 4.70. The summed E-state index contributed by atoms with van der Waals surface area (Å²) in [6.07, 6.45) is 1.64. The van der Waals surface area contributed by atoms with Crippen LogP contribution in [-0.2, 0) is 11.3 Å². The molecule has 0 atom stereocenters. The third kappa shape index (κ3) is 3.20. The van der Waals surface area contributed by atoms with Crippen molar-refractivity contribution in [2.75, 3.05) is 5.32 Å². The average molecular weight is 372 g/mol. The molecule has 0 saturated carbocycles. The number of carbonyl (C=O) groups is 1. The number of carbonyl (C=O) groups excluding carboxylic acids is 1. The summed E-state index contributed by atoms with van der Waals surface area (Å²) in [5, 5.41) is 2.88. The van der Waals surface area contributed by atoms with Crippen molar-refractivity contribution >= 4 is 22.8 Å². The summed E-state index contributed by atoms with van der Waals surface area (Å²) in [5.41, 5.74) is 4.38. The normalized spacial score (nSPS) is 10.9. The molecule has 0 aliphatic carbocycles. The Labute approximate surface area is 162 Å². The number of benzene rings is 2. The van der Waals surface area contributed by atoms with E-state index >= 15 is 0 Å². The molecule has 2 heterocycles. The molecule has 4 aromatic rings. The van der Waals surface area contributed by atoms with Crippen molar-refractivity contribution < 1.29 is 4.79 Å². The van der Waals surface area contributed by atoms with Crippen molar-refractivity contribution in [3.8, 4) is 5.69 Å². The van der Waals surface area contributed by atoms with Crippen LogP contribution < -0.4 is 11.0 Å². The zero-order chi connectivity index (χ0) is 19.7. The zero-order valence-electron chi connectivity index (χ0n) is 15.7. The molecule has 1 amide bonds. The van der Waals surface area contributed by atoms with Crippen LogP contribution in [0.2, 0.25) is 0 Å². The standard InChI is InChI=1S/C22H20N4O2/c1-15-9-11-17(12-10-15)26-21-19(8-5-13-23-21)25(22(26)28)14-20(27)24-18-7-4-3-6-16(18)2/h3-13H,14H2,1-2H3,(H,24,27). The summed E-state index contributed by atoms with van der Waals surface area (Å²) < 4.78 is 2.99. The molecule has 0 aliphatic rings. The van der Waals surface area contributed by atoms with Gasteiger partial charge in [-0.25, -0.2) is 14.3 Å². The van der Waals surface area contributed by atoms with Gasteiger partial charge in [0.05, 0.1) is 11.2 Å². The van der Waals surface area contributed by atoms with E-state index in [1.54, 1.807) is 18.3 Å². The van der Waals surface area contributed by atoms with Crippen LogP contribution in [0, 0.1) is 13.8 Å². The molecule has 140 valence electrons. The lowest BCUT2D eigenvalue weighted by atomic mass is 10.2. The van der Waals surface area contributed by atoms with Crippen LogP contribution in [0.4, 0.5) is 5.69 Å². The Kier molecular flexibility index (Phi) is 4.53. The second-order valence-corrected chi connectivity index (χ2v) is 6.75. The number of aryl methyl sites for hydroxylation is 2. The highest BCUT2D eigenvalue weighted by Gasteiger charge is 2.17. The quantitative estimate of drug-likeness (QED) is 0.597. The van der Waals surface area contributed by atoms with Gasteiger partial charge in [0.15, 0.2) is 5.65 Å². The molecule has 0 fully saturated rings. The first-order valence-electron chi connectivity index (χ1n) is 9.03. The second-order valence-electron chi connectivity index (χ2n) is 6.75. The fourth-order valence-electron chi connectivity index (χ4n) is 3.21. The molecule has 6 heteroatoms. The van der Waals surface area contributed by atoms with E-state index in [2.05, 4.69) is 10.3 Å². The lowest BCUT2D eigenvalue weighted by Gasteiger charge is -2.08. The van der Waals surface area contributed by atoms with E-state index in [0.29, 0.717) is 11.2 Å². The molecule has 28 heavy (non-hydrogen) atoms. The summed E-state index contributed by atoms with van der Waals surface area (Å²) in [7, 11) is 0. The summed E-state index contributed by atoms with van der Waals surface area (Å²) in [6, 6.07) is 18.7. The van der Waals surface area contributed by atoms with Crippen LogP contribution in [-0.4, -0.2) is 20.0 Å². The maximum Gasteiger partial charge on any atom is 0.335 e. The highest BCUT2D eigenvalue weighted by Crippen LogP contribution is 2.17. The fourth-order valence-corrected chi connectivity index (χ4v) is 3.21. The molecule has 0 saturated heterocycles. The molecule has 2 aromatic heterocycles. The van der Waals surface area contributed by atoms with Gasteiger partial charge in [-0.2, -0.15) is 0 Å². The number of imidazole rings is 1. The third-order valence-corrected chi connectivity index (χ3v) is 4.70. The molecule has 0 spiro atoms. The van der Waals surface area contributed by atoms with Crippen molar-refractivity contribution in [2.24, 2.45) is 0 Å². The number of nitrogens with one attached hydrogen (secondary N) is 1. The Hall–Kier alpha value is -3.67. The van der Waals surface area contributed by atoms with E-state index in [-0.39, 0.29) is 18.1 Å². The number of hydrogen-bond donors (Lipinski definition) is 1. The zero-order valence-corrected chi connectivity index (χ0v) is 15.7. The van der Waals surface area contributed by atoms with Crippen LogP contribution in [0.3, 0.4) is 0 Å². The molecule has 0 bridgehead atoms. The van der Waals surface area contributed by atoms with Gasteiger partial charge in [-0.15, -0.1) is 0 Å². The van der Waals surface area contributed by atoms with Gasteiger partial charge in [0.1, 0.15) is 6.54 Å². The van der Waals surface area contributed by atoms with E-state index in [1.165, 1.54) is 9.13 Å². The number of pyridine rings is 1. The maximum absolute atomic E-state index is 13.1. The van der Waals surface area contributed by atoms with Gasteiger partial charge < -0.3 is 5.32 Å². The van der Waals surface area contributed by atoms with E-state index < -0.39 is 0 Å². The molecule has 0 radical (unpaired) electrons. The van der Waals surface area contributed by atoms with Crippen molar-refractivity contribution in [1.82, 2.24) is 14.1 Å². The van der Waals surface area contributed by atoms with Gasteiger partial charge in [-0.05, 0) is 49.7 Å². The van der Waals surface area contributed by atoms with Gasteiger partial charge in [0.25, 0.3) is 0 Å². The van der Waals surface area contributed by atoms with Crippen molar-refractivity contribution in [3.63, 3.8) is 0 Å². The minimum absolute atomic E-state index is 0.0891. The topological polar surface area (TPSA) is 68.9 Å². The van der Waals surface area contributed by atoms with Gasteiger partial charge >= 0.3 is 5.69 Å². The van der Waals surface area contributed by atoms with Crippen molar-refractivity contribution in [2.45, 2.75) is 20.4 Å². The van der Waals surface area contributed by atoms with Crippen LogP contribution in [0.15, 0.2) is 71.7 Å². The predicted molar refractivity (Wildman–Crippen MR) is 110 cm³/mol. The molecular weight excluding hydrogens is 352 g/mol. The number of para-hydroxylation sites is 1. The number of nitrogens with zero attached hydrogens (tertiary/aromatic N) is 3. The summed E-state index contributed by atoms with van der Waals surface area (Å²) in [6.45, 7) is 3.83. The van der Waals surface area contributed by atoms with E-state index in [0.717, 1.165) is 22.5 Å². The minimum atomic E-state index is -0.294. The van der Waals surface area contributed by atoms with Crippen LogP contribution in [0.5, 0.6) is 0 Å². The number of rotatable bonds is 4. The van der Waals surface area contributed by atoms with Gasteiger partial charge in [-0.3, -0.25) is 9.36 Å². The lowest BCUT2D eigenvalue weighted by Crippen LogP contribution is -2.29. The minimum Gasteiger partial charge on any atom is -0.324 e. The Morgan fingerprint density at radius 3 is 2.50 bits per heavy atom. The number of anilines is 1. The largest absolute Gasteiger partial charge is 0.335 e. The Morgan fingerprint density at radius 1 is 1.00 bits per heavy atom. The van der Waals surface area contributed by atoms with E-state index in [1.807, 2.05) is 62.4 Å². The second kappa shape index (κ2) is 7.15. The monoisotopic (exact) mass is 372 g/mol. The first-order valence-corrected chi connectivity index (χ1v) is 9.03. The van der Waals surface area contributed by atoms with Crippen molar-refractivity contribution in [1.29, 1.82) is 0 Å². The fraction of sp³-hybridized carbons (Fsp3) is 0.136. The molecule has 2 aromatic carbocycles. The van der Waals surface area contributed by atoms with Crippen LogP contribution >= 0.6 is 0 Å². The smallest absolute Gasteiger partial charge is 0.324 e. The van der Waals surface area contributed by atoms with Gasteiger partial charge in [0.2, 0.25) is 5.91 Å². The van der Waals surface area contributed by atoms with Gasteiger partial charge in [0, 0.05) is 11.9 Å². The van der Waals surface area contributed by atoms with Gasteiger partial charge in [-0.1, -0.05) is 35.9 Å². The number of fused-ring (bicyclic) bond motifs is 1. The maximum atomic E-state index is 13.1. The highest BCUT2D eigenvalue weighted by molar-refractivity contribution is 5.92. The Bertz CT molecular complexity index is 1220. The summed E-state index contributed by atoms with van der Waals surface area (Å²) in [5.74, 6) is -0.261. The summed E-state index contributed by atoms with van der Waals surface area (Å²) >= 11 is 0. The molecule has 1 N–H and O–H groups in total. The Balaban J connectivity index is 1.75. The highest BCUT2D eigenvalue weighted by atomic mass is 16.2. The van der Waals surface area contributed by atoms with Crippen molar-refractivity contribution in [3.05, 3.63) is 88.5 Å². The number of aromatic nitrogens is 3. The predicted octanol–water partition coefficient (Wildman–Crippen LogP) is 3.44. The first-order chi connectivity index (χ1) is 13.5. The molecule has 4 rings (SSSR count). The SMILES string of the molecule is Cc1ccc(-n2c(=O)n(CC(=O)Nc3ccccc3C)c3cccnc32)cc1. The first kappa shape index (κ1) is 17.7. The number of amides is 1. The molecule has 6 nitrogen and oxygen atoms in total. The number of hydrogen-bond acceptors (Lipinski definition) is 3. The molecule has 0 unspecified atom stereocenters. The van der Waals surface area contributed by atoms with E-state index in [4.69, 9.17) is 0 Å². The molecular formula is C22H20N4O2. The molecule has 0 aliphatic heterocycles. The van der Waals surface area contributed by atoms with E-state index in [9.17, 15) is 9.59 Å². The summed E-state index contributed by atoms with van der Waals surface area (Å²) in [4.78, 5) is 30.1. The van der Waals surface area contributed by atoms with Crippen LogP contribution in [0.25, 0.3) is 16.9 Å². The average Bonchev–Trinajstić information content (AvgIpc) is 2.96.